The van der Waals surface area contributed by atoms with Crippen LogP contribution in [0, 0.1) is 0 Å². The van der Waals surface area contributed by atoms with Crippen LogP contribution in [-0.4, -0.2) is 13.2 Å². The van der Waals surface area contributed by atoms with Gasteiger partial charge in [-0.25, -0.2) is 0 Å². The van der Waals surface area contributed by atoms with Gasteiger partial charge in [0.1, 0.15) is 5.75 Å². The second kappa shape index (κ2) is 8.71. The summed E-state index contributed by atoms with van der Waals surface area (Å²) in [4.78, 5) is 0. The van der Waals surface area contributed by atoms with Crippen LogP contribution >= 0.6 is 11.6 Å². The molecule has 1 atom stereocenters. The number of rotatable bonds is 8. The molecule has 0 amide bonds. The van der Waals surface area contributed by atoms with E-state index in [1.807, 2.05) is 48.5 Å². The molecule has 0 heterocycles. The maximum absolute atomic E-state index is 6.05. The third kappa shape index (κ3) is 5.41. The van der Waals surface area contributed by atoms with E-state index in [2.05, 4.69) is 18.3 Å². The molecule has 0 saturated heterocycles. The molecule has 112 valence electrons. The Balaban J connectivity index is 1.71. The summed E-state index contributed by atoms with van der Waals surface area (Å²) in [6, 6.07) is 18.3. The van der Waals surface area contributed by atoms with Gasteiger partial charge in [-0.05, 0) is 49.2 Å². The molecule has 3 heteroatoms. The Labute approximate surface area is 132 Å². The van der Waals surface area contributed by atoms with E-state index in [4.69, 9.17) is 16.3 Å². The van der Waals surface area contributed by atoms with Crippen LogP contribution in [0.3, 0.4) is 0 Å². The van der Waals surface area contributed by atoms with Crippen LogP contribution in [0.5, 0.6) is 5.75 Å². The van der Waals surface area contributed by atoms with Gasteiger partial charge in [0.25, 0.3) is 0 Å². The average molecular weight is 304 g/mol. The van der Waals surface area contributed by atoms with Crippen LogP contribution in [0.2, 0.25) is 5.02 Å². The summed E-state index contributed by atoms with van der Waals surface area (Å²) in [6.07, 6.45) is 2.02. The number of halogens is 1. The van der Waals surface area contributed by atoms with Crippen molar-refractivity contribution >= 4 is 11.6 Å². The largest absolute Gasteiger partial charge is 0.494 e. The van der Waals surface area contributed by atoms with Crippen molar-refractivity contribution in [1.82, 2.24) is 5.32 Å². The minimum atomic E-state index is 0.348. The highest BCUT2D eigenvalue weighted by Crippen LogP contribution is 2.20. The van der Waals surface area contributed by atoms with E-state index in [1.54, 1.807) is 0 Å². The maximum Gasteiger partial charge on any atom is 0.119 e. The molecule has 0 radical (unpaired) electrons. The van der Waals surface area contributed by atoms with E-state index in [-0.39, 0.29) is 0 Å². The summed E-state index contributed by atoms with van der Waals surface area (Å²) in [7, 11) is 0. The molecule has 0 fully saturated rings. The monoisotopic (exact) mass is 303 g/mol. The van der Waals surface area contributed by atoms with E-state index in [0.717, 1.165) is 36.8 Å². The normalized spacial score (nSPS) is 12.1. The molecular formula is C18H22ClNO. The smallest absolute Gasteiger partial charge is 0.119 e. The molecule has 2 aromatic carbocycles. The topological polar surface area (TPSA) is 21.3 Å². The van der Waals surface area contributed by atoms with Gasteiger partial charge in [-0.1, -0.05) is 48.9 Å². The van der Waals surface area contributed by atoms with Crippen LogP contribution in [-0.2, 0) is 0 Å². The third-order valence-corrected chi connectivity index (χ3v) is 3.62. The van der Waals surface area contributed by atoms with Gasteiger partial charge in [-0.2, -0.15) is 0 Å². The van der Waals surface area contributed by atoms with Crippen molar-refractivity contribution < 1.29 is 4.74 Å². The molecule has 2 nitrogen and oxygen atoms in total. The number of hydrogen-bond acceptors (Lipinski definition) is 2. The zero-order valence-corrected chi connectivity index (χ0v) is 13.1. The van der Waals surface area contributed by atoms with Crippen molar-refractivity contribution in [3.63, 3.8) is 0 Å². The lowest BCUT2D eigenvalue weighted by Crippen LogP contribution is -2.23. The first kappa shape index (κ1) is 15.9. The third-order valence-electron chi connectivity index (χ3n) is 3.38. The van der Waals surface area contributed by atoms with Gasteiger partial charge in [0.2, 0.25) is 0 Å². The van der Waals surface area contributed by atoms with Crippen LogP contribution in [0.15, 0.2) is 54.6 Å². The first-order valence-electron chi connectivity index (χ1n) is 7.46. The van der Waals surface area contributed by atoms with Crippen LogP contribution in [0.25, 0.3) is 0 Å². The predicted molar refractivity (Wildman–Crippen MR) is 89.0 cm³/mol. The molecule has 0 spiro atoms. The molecule has 0 aliphatic rings. The van der Waals surface area contributed by atoms with Crippen LogP contribution in [0.4, 0.5) is 0 Å². The van der Waals surface area contributed by atoms with Crippen molar-refractivity contribution in [1.29, 1.82) is 0 Å². The van der Waals surface area contributed by atoms with E-state index in [0.29, 0.717) is 6.04 Å². The average Bonchev–Trinajstić information content (AvgIpc) is 2.52. The van der Waals surface area contributed by atoms with Gasteiger partial charge < -0.3 is 10.1 Å². The van der Waals surface area contributed by atoms with Crippen molar-refractivity contribution in [3.05, 3.63) is 65.2 Å². The van der Waals surface area contributed by atoms with Gasteiger partial charge in [-0.3, -0.25) is 0 Å². The molecule has 0 bridgehead atoms. The first-order valence-corrected chi connectivity index (χ1v) is 7.84. The van der Waals surface area contributed by atoms with Gasteiger partial charge in [0, 0.05) is 11.1 Å². The molecule has 0 aliphatic heterocycles. The lowest BCUT2D eigenvalue weighted by atomic mass is 10.0. The lowest BCUT2D eigenvalue weighted by Gasteiger charge is -2.17. The highest BCUT2D eigenvalue weighted by Gasteiger charge is 2.08. The van der Waals surface area contributed by atoms with Crippen molar-refractivity contribution in [2.45, 2.75) is 25.8 Å². The Morgan fingerprint density at radius 1 is 1.10 bits per heavy atom. The van der Waals surface area contributed by atoms with Crippen LogP contribution < -0.4 is 10.1 Å². The summed E-state index contributed by atoms with van der Waals surface area (Å²) in [5.41, 5.74) is 1.24. The number of ether oxygens (including phenoxy) is 1. The first-order chi connectivity index (χ1) is 10.3. The number of hydrogen-bond donors (Lipinski definition) is 1. The second-order valence-electron chi connectivity index (χ2n) is 4.99. The fraction of sp³-hybridized carbons (Fsp3) is 0.333. The van der Waals surface area contributed by atoms with Gasteiger partial charge in [0.15, 0.2) is 0 Å². The Hall–Kier alpha value is -1.51. The lowest BCUT2D eigenvalue weighted by molar-refractivity contribution is 0.304. The zero-order valence-electron chi connectivity index (χ0n) is 12.4. The Bertz CT molecular complexity index is 530. The molecule has 0 aliphatic carbocycles. The van der Waals surface area contributed by atoms with E-state index < -0.39 is 0 Å². The molecule has 0 saturated carbocycles. The molecule has 0 aromatic heterocycles. The maximum atomic E-state index is 6.05. The summed E-state index contributed by atoms with van der Waals surface area (Å²) < 4.78 is 5.69. The van der Waals surface area contributed by atoms with Gasteiger partial charge in [-0.15, -0.1) is 0 Å². The Kier molecular flexibility index (Phi) is 6.58. The fourth-order valence-corrected chi connectivity index (χ4v) is 2.48. The van der Waals surface area contributed by atoms with E-state index >= 15 is 0 Å². The van der Waals surface area contributed by atoms with Gasteiger partial charge >= 0.3 is 0 Å². The van der Waals surface area contributed by atoms with Crippen molar-refractivity contribution in [2.24, 2.45) is 0 Å². The van der Waals surface area contributed by atoms with Gasteiger partial charge in [0.05, 0.1) is 6.61 Å². The van der Waals surface area contributed by atoms with E-state index in [9.17, 15) is 0 Å². The minimum absolute atomic E-state index is 0.348. The molecule has 21 heavy (non-hydrogen) atoms. The summed E-state index contributed by atoms with van der Waals surface area (Å²) >= 11 is 6.05. The summed E-state index contributed by atoms with van der Waals surface area (Å²) in [6.45, 7) is 3.83. The molecule has 2 aromatic rings. The second-order valence-corrected chi connectivity index (χ2v) is 5.42. The minimum Gasteiger partial charge on any atom is -0.494 e. The molecule has 1 unspecified atom stereocenters. The van der Waals surface area contributed by atoms with Crippen molar-refractivity contribution in [3.8, 4) is 5.75 Å². The summed E-state index contributed by atoms with van der Waals surface area (Å²) in [5, 5.41) is 4.35. The van der Waals surface area contributed by atoms with E-state index in [1.165, 1.54) is 5.56 Å². The zero-order chi connectivity index (χ0) is 14.9. The highest BCUT2D eigenvalue weighted by atomic mass is 35.5. The highest BCUT2D eigenvalue weighted by molar-refractivity contribution is 6.30. The molecule has 2 rings (SSSR count). The number of benzene rings is 2. The van der Waals surface area contributed by atoms with Crippen LogP contribution in [0.1, 0.15) is 31.4 Å². The summed E-state index contributed by atoms with van der Waals surface area (Å²) in [5.74, 6) is 0.930. The SMILES string of the molecule is CCC(NCCCOc1ccccc1)c1cccc(Cl)c1. The number of para-hydroxylation sites is 1. The standard InChI is InChI=1S/C18H22ClNO/c1-2-18(15-8-6-9-16(19)14-15)20-12-7-13-21-17-10-4-3-5-11-17/h3-6,8-11,14,18,20H,2,7,12-13H2,1H3. The molecule has 1 N–H and O–H groups in total. The quantitative estimate of drug-likeness (QED) is 0.704. The Morgan fingerprint density at radius 3 is 2.62 bits per heavy atom. The molecular weight excluding hydrogens is 282 g/mol. The predicted octanol–water partition coefficient (Wildman–Crippen LogP) is 4.85. The number of nitrogens with one attached hydrogen (secondary N) is 1. The fourth-order valence-electron chi connectivity index (χ4n) is 2.28. The Morgan fingerprint density at radius 2 is 1.90 bits per heavy atom. The van der Waals surface area contributed by atoms with Crippen molar-refractivity contribution in [2.75, 3.05) is 13.2 Å².